The summed E-state index contributed by atoms with van der Waals surface area (Å²) < 4.78 is 10.4. The third-order valence-corrected chi connectivity index (χ3v) is 4.47. The highest BCUT2D eigenvalue weighted by Crippen LogP contribution is 2.21. The van der Waals surface area contributed by atoms with Crippen molar-refractivity contribution >= 4 is 29.4 Å². The van der Waals surface area contributed by atoms with Crippen LogP contribution in [0.1, 0.15) is 23.2 Å². The summed E-state index contributed by atoms with van der Waals surface area (Å²) in [6.45, 7) is 0.00903. The van der Waals surface area contributed by atoms with Crippen LogP contribution in [0.3, 0.4) is 0 Å². The second-order valence-corrected chi connectivity index (χ2v) is 6.51. The molecule has 0 saturated carbocycles. The van der Waals surface area contributed by atoms with Crippen LogP contribution in [0.15, 0.2) is 54.6 Å². The Morgan fingerprint density at radius 2 is 1.74 bits per heavy atom. The third-order valence-electron chi connectivity index (χ3n) is 4.22. The minimum Gasteiger partial charge on any atom is -0.456 e. The number of halogens is 1. The number of esters is 1. The second-order valence-electron chi connectivity index (χ2n) is 6.07. The highest BCUT2D eigenvalue weighted by Gasteiger charge is 2.36. The number of hydrogen-bond acceptors (Lipinski definition) is 5. The molecule has 0 N–H and O–H groups in total. The Hall–Kier alpha value is -2.86. The van der Waals surface area contributed by atoms with Crippen molar-refractivity contribution in [1.29, 1.82) is 0 Å². The molecule has 1 unspecified atom stereocenters. The first-order valence-corrected chi connectivity index (χ1v) is 8.91. The fourth-order valence-electron chi connectivity index (χ4n) is 2.83. The van der Waals surface area contributed by atoms with Gasteiger partial charge in [-0.25, -0.2) is 9.59 Å². The Kier molecular flexibility index (Phi) is 6.08. The second kappa shape index (κ2) is 8.68. The molecule has 1 heterocycles. The van der Waals surface area contributed by atoms with Crippen LogP contribution in [0.5, 0.6) is 5.75 Å². The maximum Gasteiger partial charge on any atom is 0.415 e. The van der Waals surface area contributed by atoms with Gasteiger partial charge in [-0.1, -0.05) is 29.8 Å². The van der Waals surface area contributed by atoms with Crippen molar-refractivity contribution < 1.29 is 23.9 Å². The maximum atomic E-state index is 12.4. The van der Waals surface area contributed by atoms with Crippen LogP contribution in [0.4, 0.5) is 4.79 Å². The first-order valence-electron chi connectivity index (χ1n) is 8.53. The van der Waals surface area contributed by atoms with E-state index < -0.39 is 24.7 Å². The van der Waals surface area contributed by atoms with Gasteiger partial charge in [0, 0.05) is 17.1 Å². The summed E-state index contributed by atoms with van der Waals surface area (Å²) in [6, 6.07) is 14.2. The average molecular weight is 388 g/mol. The van der Waals surface area contributed by atoms with E-state index in [9.17, 15) is 14.4 Å². The number of rotatable bonds is 5. The molecule has 2 aromatic rings. The average Bonchev–Trinajstić information content (AvgIpc) is 3.17. The van der Waals surface area contributed by atoms with Crippen molar-refractivity contribution in [3.8, 4) is 5.75 Å². The van der Waals surface area contributed by atoms with E-state index in [1.165, 1.54) is 4.90 Å². The molecule has 1 aliphatic heterocycles. The third kappa shape index (κ3) is 4.86. The van der Waals surface area contributed by atoms with Crippen LogP contribution in [0.25, 0.3) is 0 Å². The Morgan fingerprint density at radius 3 is 2.44 bits per heavy atom. The Balaban J connectivity index is 1.56. The smallest absolute Gasteiger partial charge is 0.415 e. The molecular weight excluding hydrogens is 370 g/mol. The van der Waals surface area contributed by atoms with Crippen molar-refractivity contribution in [2.24, 2.45) is 0 Å². The lowest BCUT2D eigenvalue weighted by molar-refractivity contribution is -0.147. The maximum absolute atomic E-state index is 12.4. The molecule has 0 radical (unpaired) electrons. The Morgan fingerprint density at radius 1 is 1.04 bits per heavy atom. The van der Waals surface area contributed by atoms with E-state index in [4.69, 9.17) is 21.1 Å². The zero-order valence-corrected chi connectivity index (χ0v) is 15.2. The molecule has 27 heavy (non-hydrogen) atoms. The SMILES string of the molecule is O=C(COC(=O)C1CCCN1C(=O)Oc1ccccc1)c1ccc(Cl)cc1. The number of carbonyl (C=O) groups is 3. The van der Waals surface area contributed by atoms with Crippen LogP contribution in [0.2, 0.25) is 5.02 Å². The molecule has 2 aromatic carbocycles. The first-order chi connectivity index (χ1) is 13.0. The largest absolute Gasteiger partial charge is 0.456 e. The normalized spacial score (nSPS) is 16.0. The lowest BCUT2D eigenvalue weighted by Gasteiger charge is -2.22. The van der Waals surface area contributed by atoms with Gasteiger partial charge in [0.25, 0.3) is 0 Å². The topological polar surface area (TPSA) is 72.9 Å². The van der Waals surface area contributed by atoms with Gasteiger partial charge in [0.1, 0.15) is 11.8 Å². The fraction of sp³-hybridized carbons (Fsp3) is 0.250. The molecule has 1 fully saturated rings. The number of benzene rings is 2. The standard InChI is InChI=1S/C20H18ClNO5/c21-15-10-8-14(9-11-15)18(23)13-26-19(24)17-7-4-12-22(17)20(25)27-16-5-2-1-3-6-16/h1-3,5-6,8-11,17H,4,7,12-13H2. The first kappa shape index (κ1) is 18.9. The molecule has 3 rings (SSSR count). The van der Waals surface area contributed by atoms with Crippen LogP contribution in [-0.2, 0) is 9.53 Å². The molecule has 1 amide bonds. The number of para-hydroxylation sites is 1. The molecule has 140 valence electrons. The van der Waals surface area contributed by atoms with E-state index in [1.807, 2.05) is 6.07 Å². The number of amides is 1. The fourth-order valence-corrected chi connectivity index (χ4v) is 2.96. The molecular formula is C20H18ClNO5. The molecule has 1 saturated heterocycles. The number of nitrogens with zero attached hydrogens (tertiary/aromatic N) is 1. The highest BCUT2D eigenvalue weighted by molar-refractivity contribution is 6.30. The van der Waals surface area contributed by atoms with E-state index in [2.05, 4.69) is 0 Å². The van der Waals surface area contributed by atoms with Gasteiger partial charge in [-0.05, 0) is 49.2 Å². The van der Waals surface area contributed by atoms with E-state index in [0.717, 1.165) is 0 Å². The summed E-state index contributed by atoms with van der Waals surface area (Å²) in [7, 11) is 0. The number of Topliss-reactive ketones (excluding diaryl/α,β-unsaturated/α-hetero) is 1. The van der Waals surface area contributed by atoms with Gasteiger partial charge in [-0.3, -0.25) is 9.69 Å². The number of carbonyl (C=O) groups excluding carboxylic acids is 3. The van der Waals surface area contributed by atoms with Gasteiger partial charge in [-0.15, -0.1) is 0 Å². The van der Waals surface area contributed by atoms with Crippen LogP contribution < -0.4 is 4.74 Å². The molecule has 1 atom stereocenters. The van der Waals surface area contributed by atoms with Gasteiger partial charge < -0.3 is 9.47 Å². The van der Waals surface area contributed by atoms with E-state index in [1.54, 1.807) is 48.5 Å². The van der Waals surface area contributed by atoms with Crippen molar-refractivity contribution in [3.63, 3.8) is 0 Å². The Bertz CT molecular complexity index is 822. The summed E-state index contributed by atoms with van der Waals surface area (Å²) in [6.07, 6.45) is 0.525. The molecule has 7 heteroatoms. The van der Waals surface area contributed by atoms with Crippen molar-refractivity contribution in [1.82, 2.24) is 4.90 Å². The van der Waals surface area contributed by atoms with Crippen molar-refractivity contribution in [2.75, 3.05) is 13.2 Å². The number of ether oxygens (including phenoxy) is 2. The van der Waals surface area contributed by atoms with Crippen molar-refractivity contribution in [3.05, 3.63) is 65.2 Å². The van der Waals surface area contributed by atoms with Gasteiger partial charge in [0.15, 0.2) is 12.4 Å². The predicted molar refractivity (Wildman–Crippen MR) is 98.9 cm³/mol. The summed E-state index contributed by atoms with van der Waals surface area (Å²) in [5.74, 6) is -0.546. The highest BCUT2D eigenvalue weighted by atomic mass is 35.5. The predicted octanol–water partition coefficient (Wildman–Crippen LogP) is 3.73. The molecule has 6 nitrogen and oxygen atoms in total. The summed E-state index contributed by atoms with van der Waals surface area (Å²) in [4.78, 5) is 38.1. The molecule has 0 aliphatic carbocycles. The molecule has 1 aliphatic rings. The lowest BCUT2D eigenvalue weighted by atomic mass is 10.1. The Labute approximate surface area is 161 Å². The number of ketones is 1. The van der Waals surface area contributed by atoms with Crippen LogP contribution in [-0.4, -0.2) is 41.9 Å². The quantitative estimate of drug-likeness (QED) is 0.577. The van der Waals surface area contributed by atoms with Gasteiger partial charge >= 0.3 is 12.1 Å². The van der Waals surface area contributed by atoms with Gasteiger partial charge in [0.2, 0.25) is 0 Å². The zero-order chi connectivity index (χ0) is 19.2. The summed E-state index contributed by atoms with van der Waals surface area (Å²) in [5, 5.41) is 0.516. The van der Waals surface area contributed by atoms with Gasteiger partial charge in [-0.2, -0.15) is 0 Å². The van der Waals surface area contributed by atoms with E-state index >= 15 is 0 Å². The molecule has 0 spiro atoms. The number of hydrogen-bond donors (Lipinski definition) is 0. The van der Waals surface area contributed by atoms with Crippen LogP contribution >= 0.6 is 11.6 Å². The summed E-state index contributed by atoms with van der Waals surface area (Å²) in [5.41, 5.74) is 0.402. The number of likely N-dealkylation sites (tertiary alicyclic amines) is 1. The summed E-state index contributed by atoms with van der Waals surface area (Å²) >= 11 is 5.79. The molecule has 0 aromatic heterocycles. The minimum absolute atomic E-state index is 0.337. The lowest BCUT2D eigenvalue weighted by Crippen LogP contribution is -2.43. The van der Waals surface area contributed by atoms with E-state index in [0.29, 0.717) is 35.7 Å². The van der Waals surface area contributed by atoms with Gasteiger partial charge in [0.05, 0.1) is 0 Å². The van der Waals surface area contributed by atoms with Crippen LogP contribution in [0, 0.1) is 0 Å². The zero-order valence-electron chi connectivity index (χ0n) is 14.5. The van der Waals surface area contributed by atoms with E-state index in [-0.39, 0.29) is 5.78 Å². The van der Waals surface area contributed by atoms with Crippen molar-refractivity contribution in [2.45, 2.75) is 18.9 Å². The monoisotopic (exact) mass is 387 g/mol. The minimum atomic E-state index is -0.751. The molecule has 0 bridgehead atoms.